The third kappa shape index (κ3) is 2.83. The molecule has 0 bridgehead atoms. The first-order valence-electron chi connectivity index (χ1n) is 6.76. The Labute approximate surface area is 109 Å². The fourth-order valence-electron chi connectivity index (χ4n) is 2.34. The summed E-state index contributed by atoms with van der Waals surface area (Å²) in [5.74, 6) is 0. The van der Waals surface area contributed by atoms with E-state index in [4.69, 9.17) is 11.0 Å². The number of para-hydroxylation sites is 1. The van der Waals surface area contributed by atoms with Gasteiger partial charge in [0.2, 0.25) is 0 Å². The van der Waals surface area contributed by atoms with Gasteiger partial charge in [-0.25, -0.2) is 0 Å². The second kappa shape index (κ2) is 5.88. The highest BCUT2D eigenvalue weighted by atomic mass is 15.2. The molecule has 2 rings (SSSR count). The van der Waals surface area contributed by atoms with Crippen molar-refractivity contribution >= 4 is 5.69 Å². The van der Waals surface area contributed by atoms with E-state index in [1.807, 2.05) is 6.07 Å². The van der Waals surface area contributed by atoms with Crippen LogP contribution in [-0.4, -0.2) is 12.6 Å². The molecule has 0 aliphatic heterocycles. The first-order valence-corrected chi connectivity index (χ1v) is 6.76. The third-order valence-corrected chi connectivity index (χ3v) is 3.54. The molecule has 3 nitrogen and oxygen atoms in total. The number of anilines is 1. The lowest BCUT2D eigenvalue weighted by Gasteiger charge is -2.28. The highest BCUT2D eigenvalue weighted by molar-refractivity contribution is 5.56. The van der Waals surface area contributed by atoms with E-state index in [1.54, 1.807) is 0 Å². The van der Waals surface area contributed by atoms with Crippen molar-refractivity contribution < 1.29 is 0 Å². The molecule has 96 valence electrons. The van der Waals surface area contributed by atoms with Crippen molar-refractivity contribution in [2.24, 2.45) is 5.73 Å². The molecule has 0 aromatic heterocycles. The second-order valence-corrected chi connectivity index (χ2v) is 4.91. The van der Waals surface area contributed by atoms with Gasteiger partial charge in [-0.05, 0) is 30.9 Å². The zero-order valence-electron chi connectivity index (χ0n) is 11.0. The zero-order valence-corrected chi connectivity index (χ0v) is 11.0. The maximum atomic E-state index is 8.79. The fraction of sp³-hybridized carbons (Fsp3) is 0.533. The van der Waals surface area contributed by atoms with E-state index in [0.29, 0.717) is 12.5 Å². The van der Waals surface area contributed by atoms with Crippen LogP contribution in [0.2, 0.25) is 0 Å². The summed E-state index contributed by atoms with van der Waals surface area (Å²) in [5, 5.41) is 8.79. The van der Waals surface area contributed by atoms with E-state index >= 15 is 0 Å². The molecule has 2 N–H and O–H groups in total. The molecule has 1 aromatic rings. The van der Waals surface area contributed by atoms with E-state index in [2.05, 4.69) is 36.1 Å². The number of nitrogens with two attached hydrogens (primary N) is 1. The van der Waals surface area contributed by atoms with Crippen molar-refractivity contribution in [3.05, 3.63) is 29.8 Å². The molecule has 0 spiro atoms. The van der Waals surface area contributed by atoms with Gasteiger partial charge < -0.3 is 10.6 Å². The van der Waals surface area contributed by atoms with Crippen molar-refractivity contribution in [3.63, 3.8) is 0 Å². The highest BCUT2D eigenvalue weighted by Gasteiger charge is 2.30. The first kappa shape index (κ1) is 12.9. The van der Waals surface area contributed by atoms with E-state index in [9.17, 15) is 0 Å². The Morgan fingerprint density at radius 1 is 1.44 bits per heavy atom. The number of rotatable bonds is 6. The average Bonchev–Trinajstić information content (AvgIpc) is 3.23. The lowest BCUT2D eigenvalue weighted by molar-refractivity contribution is 0.687. The predicted octanol–water partition coefficient (Wildman–Crippen LogP) is 2.98. The molecule has 0 heterocycles. The summed E-state index contributed by atoms with van der Waals surface area (Å²) in [6.45, 7) is 2.92. The molecule has 1 aliphatic rings. The van der Waals surface area contributed by atoms with Crippen LogP contribution in [0.4, 0.5) is 5.69 Å². The van der Waals surface area contributed by atoms with Gasteiger partial charge in [-0.15, -0.1) is 0 Å². The molecular weight excluding hydrogens is 222 g/mol. The van der Waals surface area contributed by atoms with Gasteiger partial charge in [0, 0.05) is 24.3 Å². The van der Waals surface area contributed by atoms with Crippen LogP contribution in [0.5, 0.6) is 0 Å². The quantitative estimate of drug-likeness (QED) is 0.835. The van der Waals surface area contributed by atoms with Crippen molar-refractivity contribution in [1.82, 2.24) is 0 Å². The molecule has 1 atom stereocenters. The van der Waals surface area contributed by atoms with Gasteiger partial charge in [0.1, 0.15) is 0 Å². The molecule has 1 aliphatic carbocycles. The number of hydrogen-bond donors (Lipinski definition) is 1. The van der Waals surface area contributed by atoms with Crippen LogP contribution in [0.15, 0.2) is 24.3 Å². The molecule has 1 aromatic carbocycles. The molecule has 1 saturated carbocycles. The molecule has 0 saturated heterocycles. The SMILES string of the molecule is CCC(N)c1ccccc1N(CCC#N)C1CC1. The molecule has 0 radical (unpaired) electrons. The zero-order chi connectivity index (χ0) is 13.0. The summed E-state index contributed by atoms with van der Waals surface area (Å²) < 4.78 is 0. The summed E-state index contributed by atoms with van der Waals surface area (Å²) in [7, 11) is 0. The topological polar surface area (TPSA) is 53.0 Å². The summed E-state index contributed by atoms with van der Waals surface area (Å²) in [4.78, 5) is 2.37. The van der Waals surface area contributed by atoms with Gasteiger partial charge in [-0.3, -0.25) is 0 Å². The molecule has 1 unspecified atom stereocenters. The summed E-state index contributed by atoms with van der Waals surface area (Å²) in [6, 6.07) is 11.3. The Kier molecular flexibility index (Phi) is 4.22. The Morgan fingerprint density at radius 3 is 2.78 bits per heavy atom. The van der Waals surface area contributed by atoms with Crippen LogP contribution in [0, 0.1) is 11.3 Å². The number of benzene rings is 1. The second-order valence-electron chi connectivity index (χ2n) is 4.91. The monoisotopic (exact) mass is 243 g/mol. The van der Waals surface area contributed by atoms with Crippen LogP contribution in [0.3, 0.4) is 0 Å². The fourth-order valence-corrected chi connectivity index (χ4v) is 2.34. The minimum absolute atomic E-state index is 0.0875. The van der Waals surface area contributed by atoms with Crippen LogP contribution in [0.1, 0.15) is 44.2 Å². The summed E-state index contributed by atoms with van der Waals surface area (Å²) >= 11 is 0. The number of nitrogens with zero attached hydrogens (tertiary/aromatic N) is 2. The Bertz CT molecular complexity index is 432. The highest BCUT2D eigenvalue weighted by Crippen LogP contribution is 2.35. The normalized spacial score (nSPS) is 16.1. The van der Waals surface area contributed by atoms with Gasteiger partial charge in [0.25, 0.3) is 0 Å². The molecule has 1 fully saturated rings. The minimum Gasteiger partial charge on any atom is -0.367 e. The Balaban J connectivity index is 2.26. The minimum atomic E-state index is 0.0875. The van der Waals surface area contributed by atoms with Crippen LogP contribution < -0.4 is 10.6 Å². The van der Waals surface area contributed by atoms with E-state index in [0.717, 1.165) is 13.0 Å². The molecular formula is C15H21N3. The van der Waals surface area contributed by atoms with Crippen molar-refractivity contribution in [1.29, 1.82) is 5.26 Å². The van der Waals surface area contributed by atoms with Crippen LogP contribution in [-0.2, 0) is 0 Å². The third-order valence-electron chi connectivity index (χ3n) is 3.54. The summed E-state index contributed by atoms with van der Waals surface area (Å²) in [5.41, 5.74) is 8.63. The maximum absolute atomic E-state index is 8.79. The van der Waals surface area contributed by atoms with E-state index in [-0.39, 0.29) is 6.04 Å². The number of nitriles is 1. The standard InChI is InChI=1S/C15H21N3/c1-2-14(17)13-6-3-4-7-15(13)18(11-5-10-16)12-8-9-12/h3-4,6-7,12,14H,2,5,8-9,11,17H2,1H3. The van der Waals surface area contributed by atoms with E-state index < -0.39 is 0 Å². The van der Waals surface area contributed by atoms with Gasteiger partial charge in [0.05, 0.1) is 12.5 Å². The lowest BCUT2D eigenvalue weighted by atomic mass is 10.0. The Hall–Kier alpha value is -1.53. The van der Waals surface area contributed by atoms with Crippen molar-refractivity contribution in [3.8, 4) is 6.07 Å². The summed E-state index contributed by atoms with van der Waals surface area (Å²) in [6.07, 6.45) is 3.99. The smallest absolute Gasteiger partial charge is 0.0640 e. The van der Waals surface area contributed by atoms with E-state index in [1.165, 1.54) is 24.1 Å². The van der Waals surface area contributed by atoms with Gasteiger partial charge in [-0.1, -0.05) is 25.1 Å². The molecule has 18 heavy (non-hydrogen) atoms. The van der Waals surface area contributed by atoms with Crippen molar-refractivity contribution in [2.75, 3.05) is 11.4 Å². The molecule has 3 heteroatoms. The Morgan fingerprint density at radius 2 is 2.17 bits per heavy atom. The van der Waals surface area contributed by atoms with Gasteiger partial charge >= 0.3 is 0 Å². The lowest BCUT2D eigenvalue weighted by Crippen LogP contribution is -2.28. The maximum Gasteiger partial charge on any atom is 0.0640 e. The van der Waals surface area contributed by atoms with Gasteiger partial charge in [0.15, 0.2) is 0 Å². The van der Waals surface area contributed by atoms with Gasteiger partial charge in [-0.2, -0.15) is 5.26 Å². The molecule has 0 amide bonds. The first-order chi connectivity index (χ1) is 8.77. The van der Waals surface area contributed by atoms with Crippen molar-refractivity contribution in [2.45, 2.75) is 44.7 Å². The number of hydrogen-bond acceptors (Lipinski definition) is 3. The largest absolute Gasteiger partial charge is 0.367 e. The van der Waals surface area contributed by atoms with Crippen LogP contribution in [0.25, 0.3) is 0 Å². The van der Waals surface area contributed by atoms with Crippen LogP contribution >= 0.6 is 0 Å². The predicted molar refractivity (Wildman–Crippen MR) is 74.3 cm³/mol. The average molecular weight is 243 g/mol.